The fourth-order valence-corrected chi connectivity index (χ4v) is 3.89. The van der Waals surface area contributed by atoms with E-state index in [2.05, 4.69) is 10.3 Å². The van der Waals surface area contributed by atoms with Crippen LogP contribution in [0, 0.1) is 5.82 Å². The molecule has 4 rings (SSSR count). The summed E-state index contributed by atoms with van der Waals surface area (Å²) in [6.45, 7) is 0.989. The number of nitrogens with one attached hydrogen (secondary N) is 2. The second-order valence-corrected chi connectivity index (χ2v) is 7.10. The highest BCUT2D eigenvalue weighted by Gasteiger charge is 2.27. The fourth-order valence-electron chi connectivity index (χ4n) is 3.89. The van der Waals surface area contributed by atoms with Crippen LogP contribution in [0.15, 0.2) is 59.5 Å². The van der Waals surface area contributed by atoms with E-state index in [4.69, 9.17) is 0 Å². The molecule has 144 valence electrons. The minimum atomic E-state index is -0.277. The van der Waals surface area contributed by atoms with Crippen LogP contribution in [0.5, 0.6) is 0 Å². The number of piperidine rings is 1. The summed E-state index contributed by atoms with van der Waals surface area (Å²) in [6.07, 6.45) is 4.50. The van der Waals surface area contributed by atoms with E-state index in [0.717, 1.165) is 35.8 Å². The Morgan fingerprint density at radius 1 is 1.11 bits per heavy atom. The molecule has 28 heavy (non-hydrogen) atoms. The van der Waals surface area contributed by atoms with Crippen LogP contribution < -0.4 is 10.9 Å². The maximum Gasteiger partial charge on any atom is 0.318 e. The van der Waals surface area contributed by atoms with Crippen molar-refractivity contribution in [1.82, 2.24) is 15.2 Å². The number of hydrogen-bond acceptors (Lipinski definition) is 2. The Bertz CT molecular complexity index is 1050. The van der Waals surface area contributed by atoms with Gasteiger partial charge in [-0.15, -0.1) is 0 Å². The molecule has 6 heteroatoms. The fraction of sp³-hybridized carbons (Fsp3) is 0.273. The van der Waals surface area contributed by atoms with Gasteiger partial charge >= 0.3 is 6.03 Å². The molecule has 0 radical (unpaired) electrons. The molecule has 2 aromatic carbocycles. The van der Waals surface area contributed by atoms with E-state index < -0.39 is 0 Å². The van der Waals surface area contributed by atoms with Crippen LogP contribution in [0.3, 0.4) is 0 Å². The average molecular weight is 379 g/mol. The van der Waals surface area contributed by atoms with Crippen molar-refractivity contribution in [1.29, 1.82) is 0 Å². The molecule has 1 saturated heterocycles. The molecule has 2 heterocycles. The van der Waals surface area contributed by atoms with Gasteiger partial charge in [0.2, 0.25) is 0 Å². The quantitative estimate of drug-likeness (QED) is 0.719. The zero-order chi connectivity index (χ0) is 19.5. The highest BCUT2D eigenvalue weighted by Crippen LogP contribution is 2.31. The summed E-state index contributed by atoms with van der Waals surface area (Å²) in [5.41, 5.74) is 1.67. The SMILES string of the molecule is O=C(NCc1c[nH]c(=O)c2ccccc12)N1CCCCC1c1ccc(F)cc1. The average Bonchev–Trinajstić information content (AvgIpc) is 2.74. The van der Waals surface area contributed by atoms with Gasteiger partial charge in [-0.3, -0.25) is 4.79 Å². The summed E-state index contributed by atoms with van der Waals surface area (Å²) in [7, 11) is 0. The Balaban J connectivity index is 1.52. The number of urea groups is 1. The Kier molecular flexibility index (Phi) is 5.10. The van der Waals surface area contributed by atoms with Gasteiger partial charge in [-0.05, 0) is 54.0 Å². The monoisotopic (exact) mass is 379 g/mol. The topological polar surface area (TPSA) is 65.2 Å². The number of benzene rings is 2. The Morgan fingerprint density at radius 3 is 2.64 bits per heavy atom. The normalized spacial score (nSPS) is 16.9. The minimum absolute atomic E-state index is 0.0540. The molecule has 1 atom stereocenters. The molecule has 0 aliphatic carbocycles. The van der Waals surface area contributed by atoms with Crippen LogP contribution in [-0.4, -0.2) is 22.5 Å². The van der Waals surface area contributed by atoms with E-state index in [1.165, 1.54) is 12.1 Å². The van der Waals surface area contributed by atoms with Crippen molar-refractivity contribution in [2.75, 3.05) is 6.54 Å². The lowest BCUT2D eigenvalue weighted by atomic mass is 9.95. The van der Waals surface area contributed by atoms with Crippen molar-refractivity contribution >= 4 is 16.8 Å². The van der Waals surface area contributed by atoms with Crippen molar-refractivity contribution in [3.8, 4) is 0 Å². The third kappa shape index (κ3) is 3.63. The summed E-state index contributed by atoms with van der Waals surface area (Å²) >= 11 is 0. The van der Waals surface area contributed by atoms with Gasteiger partial charge in [0.1, 0.15) is 5.82 Å². The van der Waals surface area contributed by atoms with Gasteiger partial charge in [-0.2, -0.15) is 0 Å². The van der Waals surface area contributed by atoms with Gasteiger partial charge in [0.05, 0.1) is 6.04 Å². The van der Waals surface area contributed by atoms with Gasteiger partial charge in [0.15, 0.2) is 0 Å². The lowest BCUT2D eigenvalue weighted by Gasteiger charge is -2.36. The third-order valence-electron chi connectivity index (χ3n) is 5.34. The number of hydrogen-bond donors (Lipinski definition) is 2. The number of carbonyl (C=O) groups excluding carboxylic acids is 1. The van der Waals surface area contributed by atoms with Crippen LogP contribution in [0.4, 0.5) is 9.18 Å². The number of halogens is 1. The molecule has 1 fully saturated rings. The van der Waals surface area contributed by atoms with Gasteiger partial charge in [-0.25, -0.2) is 9.18 Å². The van der Waals surface area contributed by atoms with Gasteiger partial charge in [0, 0.05) is 24.7 Å². The molecule has 1 aliphatic rings. The first-order chi connectivity index (χ1) is 13.6. The first-order valence-corrected chi connectivity index (χ1v) is 9.53. The van der Waals surface area contributed by atoms with Crippen LogP contribution in [0.2, 0.25) is 0 Å². The first-order valence-electron chi connectivity index (χ1n) is 9.53. The number of aromatic amines is 1. The molecule has 0 spiro atoms. The summed E-state index contributed by atoms with van der Waals surface area (Å²) in [5.74, 6) is -0.277. The Hall–Kier alpha value is -3.15. The van der Waals surface area contributed by atoms with E-state index in [1.54, 1.807) is 24.4 Å². The molecule has 1 aliphatic heterocycles. The number of amides is 2. The third-order valence-corrected chi connectivity index (χ3v) is 5.34. The number of pyridine rings is 1. The standard InChI is InChI=1S/C22H22FN3O2/c23-17-10-8-15(9-11-17)20-7-3-4-12-26(20)22(28)25-14-16-13-24-21(27)19-6-2-1-5-18(16)19/h1-2,5-6,8-11,13,20H,3-4,7,12,14H2,(H,24,27)(H,25,28). The van der Waals surface area contributed by atoms with Crippen molar-refractivity contribution in [3.05, 3.63) is 82.0 Å². The predicted octanol–water partition coefficient (Wildman–Crippen LogP) is 4.10. The maximum atomic E-state index is 13.3. The second kappa shape index (κ2) is 7.84. The smallest absolute Gasteiger partial charge is 0.318 e. The first kappa shape index (κ1) is 18.2. The van der Waals surface area contributed by atoms with Gasteiger partial charge in [0.25, 0.3) is 5.56 Å². The molecule has 5 nitrogen and oxygen atoms in total. The summed E-state index contributed by atoms with van der Waals surface area (Å²) in [6, 6.07) is 13.5. The number of aromatic nitrogens is 1. The van der Waals surface area contributed by atoms with Crippen LogP contribution in [0.1, 0.15) is 36.4 Å². The van der Waals surface area contributed by atoms with Crippen molar-refractivity contribution < 1.29 is 9.18 Å². The lowest BCUT2D eigenvalue weighted by Crippen LogP contribution is -2.44. The van der Waals surface area contributed by atoms with E-state index in [-0.39, 0.29) is 23.4 Å². The molecule has 0 bridgehead atoms. The number of nitrogens with zero attached hydrogens (tertiary/aromatic N) is 1. The van der Waals surface area contributed by atoms with Gasteiger partial charge in [-0.1, -0.05) is 30.3 Å². The number of carbonyl (C=O) groups is 1. The molecule has 2 N–H and O–H groups in total. The Labute approximate surface area is 162 Å². The van der Waals surface area contributed by atoms with Crippen molar-refractivity contribution in [3.63, 3.8) is 0 Å². The number of rotatable bonds is 3. The van der Waals surface area contributed by atoms with Crippen molar-refractivity contribution in [2.45, 2.75) is 31.8 Å². The molecule has 2 amide bonds. The second-order valence-electron chi connectivity index (χ2n) is 7.10. The molecule has 3 aromatic rings. The van der Waals surface area contributed by atoms with Crippen molar-refractivity contribution in [2.24, 2.45) is 0 Å². The predicted molar refractivity (Wildman–Crippen MR) is 107 cm³/mol. The van der Waals surface area contributed by atoms with E-state index in [9.17, 15) is 14.0 Å². The Morgan fingerprint density at radius 2 is 1.86 bits per heavy atom. The number of likely N-dealkylation sites (tertiary alicyclic amines) is 1. The summed E-state index contributed by atoms with van der Waals surface area (Å²) in [4.78, 5) is 29.4. The highest BCUT2D eigenvalue weighted by molar-refractivity contribution is 5.85. The number of H-pyrrole nitrogens is 1. The zero-order valence-electron chi connectivity index (χ0n) is 15.5. The summed E-state index contributed by atoms with van der Waals surface area (Å²) < 4.78 is 13.3. The minimum Gasteiger partial charge on any atom is -0.334 e. The number of fused-ring (bicyclic) bond motifs is 1. The maximum absolute atomic E-state index is 13.3. The molecule has 1 unspecified atom stereocenters. The van der Waals surface area contributed by atoms with E-state index in [1.807, 2.05) is 23.1 Å². The van der Waals surface area contributed by atoms with E-state index in [0.29, 0.717) is 18.5 Å². The van der Waals surface area contributed by atoms with Crippen LogP contribution >= 0.6 is 0 Å². The van der Waals surface area contributed by atoms with Crippen LogP contribution in [0.25, 0.3) is 10.8 Å². The van der Waals surface area contributed by atoms with E-state index >= 15 is 0 Å². The molecular weight excluding hydrogens is 357 g/mol. The highest BCUT2D eigenvalue weighted by atomic mass is 19.1. The molecule has 1 aromatic heterocycles. The van der Waals surface area contributed by atoms with Gasteiger partial charge < -0.3 is 15.2 Å². The largest absolute Gasteiger partial charge is 0.334 e. The van der Waals surface area contributed by atoms with Crippen LogP contribution in [-0.2, 0) is 6.54 Å². The lowest BCUT2D eigenvalue weighted by molar-refractivity contribution is 0.151. The summed E-state index contributed by atoms with van der Waals surface area (Å²) in [5, 5.41) is 4.42. The molecule has 0 saturated carbocycles. The zero-order valence-corrected chi connectivity index (χ0v) is 15.5. The molecular formula is C22H22FN3O2.